The van der Waals surface area contributed by atoms with E-state index >= 15 is 0 Å². The highest BCUT2D eigenvalue weighted by Gasteiger charge is 2.32. The molecule has 0 spiro atoms. The molecular formula is C12H19N3O2. The number of nitrogens with one attached hydrogen (secondary N) is 1. The summed E-state index contributed by atoms with van der Waals surface area (Å²) >= 11 is 0. The SMILES string of the molecule is CNC(c1nccnc1OC)C1CCC(C)O1. The topological polar surface area (TPSA) is 56.3 Å². The van der Waals surface area contributed by atoms with Gasteiger partial charge in [0.25, 0.3) is 0 Å². The first kappa shape index (κ1) is 12.3. The molecule has 1 aromatic rings. The second-order valence-electron chi connectivity index (χ2n) is 4.28. The first-order valence-electron chi connectivity index (χ1n) is 5.94. The van der Waals surface area contributed by atoms with Crippen molar-refractivity contribution in [3.05, 3.63) is 18.1 Å². The van der Waals surface area contributed by atoms with Gasteiger partial charge in [-0.3, -0.25) is 4.98 Å². The Kier molecular flexibility index (Phi) is 3.91. The van der Waals surface area contributed by atoms with Gasteiger partial charge in [-0.25, -0.2) is 4.98 Å². The third kappa shape index (κ3) is 2.56. The van der Waals surface area contributed by atoms with Crippen molar-refractivity contribution in [3.63, 3.8) is 0 Å². The van der Waals surface area contributed by atoms with Gasteiger partial charge >= 0.3 is 0 Å². The number of nitrogens with zero attached hydrogens (tertiary/aromatic N) is 2. The molecule has 0 amide bonds. The van der Waals surface area contributed by atoms with Crippen molar-refractivity contribution in [1.29, 1.82) is 0 Å². The molecule has 17 heavy (non-hydrogen) atoms. The monoisotopic (exact) mass is 237 g/mol. The van der Waals surface area contributed by atoms with E-state index in [9.17, 15) is 0 Å². The molecule has 1 aliphatic heterocycles. The van der Waals surface area contributed by atoms with Crippen LogP contribution < -0.4 is 10.1 Å². The van der Waals surface area contributed by atoms with Crippen molar-refractivity contribution in [1.82, 2.24) is 15.3 Å². The first-order valence-corrected chi connectivity index (χ1v) is 5.94. The summed E-state index contributed by atoms with van der Waals surface area (Å²) in [7, 11) is 3.52. The standard InChI is InChI=1S/C12H19N3O2/c1-8-4-5-9(17-8)10(13-2)11-12(16-3)15-7-6-14-11/h6-10,13H,4-5H2,1-3H3. The third-order valence-electron chi connectivity index (χ3n) is 3.13. The van der Waals surface area contributed by atoms with E-state index in [1.807, 2.05) is 7.05 Å². The van der Waals surface area contributed by atoms with Gasteiger partial charge in [-0.15, -0.1) is 0 Å². The molecule has 0 radical (unpaired) electrons. The lowest BCUT2D eigenvalue weighted by Crippen LogP contribution is -2.30. The second kappa shape index (κ2) is 5.42. The number of methoxy groups -OCH3 is 1. The fourth-order valence-corrected chi connectivity index (χ4v) is 2.28. The van der Waals surface area contributed by atoms with Crippen LogP contribution in [0.15, 0.2) is 12.4 Å². The number of aromatic nitrogens is 2. The number of likely N-dealkylation sites (N-methyl/N-ethyl adjacent to an activating group) is 1. The summed E-state index contributed by atoms with van der Waals surface area (Å²) in [6.45, 7) is 2.10. The van der Waals surface area contributed by atoms with E-state index in [-0.39, 0.29) is 12.1 Å². The molecule has 1 fully saturated rings. The fourth-order valence-electron chi connectivity index (χ4n) is 2.28. The van der Waals surface area contributed by atoms with Crippen LogP contribution in [0.2, 0.25) is 0 Å². The minimum Gasteiger partial charge on any atom is -0.480 e. The van der Waals surface area contributed by atoms with Gasteiger partial charge in [0, 0.05) is 12.4 Å². The molecule has 0 bridgehead atoms. The van der Waals surface area contributed by atoms with Crippen molar-refractivity contribution in [2.24, 2.45) is 0 Å². The van der Waals surface area contributed by atoms with Gasteiger partial charge in [0.2, 0.25) is 5.88 Å². The molecular weight excluding hydrogens is 218 g/mol. The van der Waals surface area contributed by atoms with E-state index in [4.69, 9.17) is 9.47 Å². The molecule has 1 saturated heterocycles. The molecule has 5 nitrogen and oxygen atoms in total. The van der Waals surface area contributed by atoms with Gasteiger partial charge in [0.1, 0.15) is 5.69 Å². The Morgan fingerprint density at radius 3 is 2.76 bits per heavy atom. The fraction of sp³-hybridized carbons (Fsp3) is 0.667. The van der Waals surface area contributed by atoms with E-state index in [1.165, 1.54) is 0 Å². The quantitative estimate of drug-likeness (QED) is 0.855. The Balaban J connectivity index is 2.22. The highest BCUT2D eigenvalue weighted by molar-refractivity contribution is 5.22. The van der Waals surface area contributed by atoms with Crippen LogP contribution in [0.3, 0.4) is 0 Å². The molecule has 0 aromatic carbocycles. The van der Waals surface area contributed by atoms with Crippen LogP contribution in [0.25, 0.3) is 0 Å². The Labute approximate surface area is 102 Å². The molecule has 0 saturated carbocycles. The number of hydrogen-bond donors (Lipinski definition) is 1. The van der Waals surface area contributed by atoms with Crippen molar-refractivity contribution in [2.75, 3.05) is 14.2 Å². The lowest BCUT2D eigenvalue weighted by atomic mass is 10.0. The summed E-state index contributed by atoms with van der Waals surface area (Å²) < 4.78 is 11.1. The molecule has 3 unspecified atom stereocenters. The largest absolute Gasteiger partial charge is 0.480 e. The molecule has 0 aliphatic carbocycles. The molecule has 1 aliphatic rings. The summed E-state index contributed by atoms with van der Waals surface area (Å²) in [5, 5.41) is 3.25. The van der Waals surface area contributed by atoms with Crippen LogP contribution in [-0.2, 0) is 4.74 Å². The molecule has 1 N–H and O–H groups in total. The van der Waals surface area contributed by atoms with Crippen LogP contribution in [0.1, 0.15) is 31.5 Å². The van der Waals surface area contributed by atoms with Gasteiger partial charge in [-0.2, -0.15) is 0 Å². The first-order chi connectivity index (χ1) is 8.26. The van der Waals surface area contributed by atoms with Gasteiger partial charge in [-0.1, -0.05) is 0 Å². The molecule has 1 aromatic heterocycles. The van der Waals surface area contributed by atoms with Gasteiger partial charge in [0.15, 0.2) is 0 Å². The molecule has 94 valence electrons. The normalized spacial score (nSPS) is 25.8. The van der Waals surface area contributed by atoms with E-state index in [2.05, 4.69) is 22.2 Å². The highest BCUT2D eigenvalue weighted by atomic mass is 16.5. The van der Waals surface area contributed by atoms with Crippen molar-refractivity contribution >= 4 is 0 Å². The minimum absolute atomic E-state index is 0.0311. The predicted molar refractivity (Wildman–Crippen MR) is 64.0 cm³/mol. The van der Waals surface area contributed by atoms with E-state index in [0.717, 1.165) is 18.5 Å². The number of ether oxygens (including phenoxy) is 2. The second-order valence-corrected chi connectivity index (χ2v) is 4.28. The van der Waals surface area contributed by atoms with Crippen molar-refractivity contribution in [2.45, 2.75) is 38.0 Å². The Morgan fingerprint density at radius 2 is 2.18 bits per heavy atom. The van der Waals surface area contributed by atoms with E-state index < -0.39 is 0 Å². The molecule has 2 heterocycles. The highest BCUT2D eigenvalue weighted by Crippen LogP contribution is 2.31. The Hall–Kier alpha value is -1.20. The zero-order valence-electron chi connectivity index (χ0n) is 10.5. The average Bonchev–Trinajstić information content (AvgIpc) is 2.77. The summed E-state index contributed by atoms with van der Waals surface area (Å²) in [6.07, 6.45) is 5.89. The summed E-state index contributed by atoms with van der Waals surface area (Å²) in [5.74, 6) is 0.565. The number of rotatable bonds is 4. The molecule has 2 rings (SSSR count). The lowest BCUT2D eigenvalue weighted by molar-refractivity contribution is 0.0317. The zero-order valence-corrected chi connectivity index (χ0v) is 10.5. The zero-order chi connectivity index (χ0) is 12.3. The molecule has 5 heteroatoms. The average molecular weight is 237 g/mol. The van der Waals surface area contributed by atoms with Gasteiger partial charge in [-0.05, 0) is 26.8 Å². The Morgan fingerprint density at radius 1 is 1.41 bits per heavy atom. The van der Waals surface area contributed by atoms with Gasteiger partial charge < -0.3 is 14.8 Å². The minimum atomic E-state index is 0.0311. The summed E-state index contributed by atoms with van der Waals surface area (Å²) in [4.78, 5) is 8.54. The smallest absolute Gasteiger partial charge is 0.237 e. The van der Waals surface area contributed by atoms with Crippen molar-refractivity contribution < 1.29 is 9.47 Å². The van der Waals surface area contributed by atoms with E-state index in [1.54, 1.807) is 19.5 Å². The maximum atomic E-state index is 5.88. The van der Waals surface area contributed by atoms with Gasteiger partial charge in [0.05, 0.1) is 25.4 Å². The van der Waals surface area contributed by atoms with Crippen LogP contribution in [-0.4, -0.2) is 36.3 Å². The maximum absolute atomic E-state index is 5.88. The summed E-state index contributed by atoms with van der Waals surface area (Å²) in [6, 6.07) is 0.0311. The predicted octanol–water partition coefficient (Wildman–Crippen LogP) is 1.31. The third-order valence-corrected chi connectivity index (χ3v) is 3.13. The number of hydrogen-bond acceptors (Lipinski definition) is 5. The van der Waals surface area contributed by atoms with Crippen LogP contribution >= 0.6 is 0 Å². The maximum Gasteiger partial charge on any atom is 0.237 e. The van der Waals surface area contributed by atoms with Crippen molar-refractivity contribution in [3.8, 4) is 5.88 Å². The van der Waals surface area contributed by atoms with Crippen LogP contribution in [0, 0.1) is 0 Å². The lowest BCUT2D eigenvalue weighted by Gasteiger charge is -2.23. The van der Waals surface area contributed by atoms with Crippen LogP contribution in [0.4, 0.5) is 0 Å². The van der Waals surface area contributed by atoms with E-state index in [0.29, 0.717) is 12.0 Å². The Bertz CT molecular complexity index is 373. The molecule has 3 atom stereocenters. The van der Waals surface area contributed by atoms with Crippen LogP contribution in [0.5, 0.6) is 5.88 Å². The summed E-state index contributed by atoms with van der Waals surface area (Å²) in [5.41, 5.74) is 0.816.